The van der Waals surface area contributed by atoms with E-state index in [4.69, 9.17) is 0 Å². The van der Waals surface area contributed by atoms with Gasteiger partial charge in [0.1, 0.15) is 11.4 Å². The molecule has 4 nitrogen and oxygen atoms in total. The molecule has 0 bridgehead atoms. The van der Waals surface area contributed by atoms with Gasteiger partial charge in [-0.25, -0.2) is 9.18 Å². The minimum absolute atomic E-state index is 0.0369. The van der Waals surface area contributed by atoms with Gasteiger partial charge >= 0.3 is 5.97 Å². The lowest BCUT2D eigenvalue weighted by molar-refractivity contribution is -0.111. The van der Waals surface area contributed by atoms with E-state index in [1.807, 2.05) is 12.1 Å². The molecule has 0 saturated carbocycles. The molecule has 0 radical (unpaired) electrons. The molecule has 1 amide bonds. The maximum absolute atomic E-state index is 13.2. The van der Waals surface area contributed by atoms with E-state index in [1.54, 1.807) is 29.6 Å². The topological polar surface area (TPSA) is 66.4 Å². The molecule has 3 rings (SSSR count). The first-order valence-electron chi connectivity index (χ1n) is 7.79. The molecule has 27 heavy (non-hydrogen) atoms. The highest BCUT2D eigenvalue weighted by Crippen LogP contribution is 2.36. The molecule has 0 unspecified atom stereocenters. The van der Waals surface area contributed by atoms with Crippen molar-refractivity contribution in [2.24, 2.45) is 0 Å². The zero-order valence-corrected chi connectivity index (χ0v) is 16.2. The maximum Gasteiger partial charge on any atom is 0.339 e. The van der Waals surface area contributed by atoms with Crippen LogP contribution in [0.25, 0.3) is 16.5 Å². The molecule has 3 aromatic rings. The Morgan fingerprint density at radius 1 is 1.15 bits per heavy atom. The monoisotopic (exact) mass is 445 g/mol. The van der Waals surface area contributed by atoms with Crippen molar-refractivity contribution in [2.45, 2.75) is 0 Å². The first kappa shape index (κ1) is 19.0. The van der Waals surface area contributed by atoms with Crippen LogP contribution in [0.4, 0.5) is 10.1 Å². The van der Waals surface area contributed by atoms with Crippen LogP contribution in [0.5, 0.6) is 0 Å². The summed E-state index contributed by atoms with van der Waals surface area (Å²) in [5.41, 5.74) is 1.54. The van der Waals surface area contributed by atoms with Crippen molar-refractivity contribution >= 4 is 50.9 Å². The van der Waals surface area contributed by atoms with Crippen LogP contribution in [0.15, 0.2) is 64.5 Å². The molecule has 136 valence electrons. The predicted molar refractivity (Wildman–Crippen MR) is 108 cm³/mol. The van der Waals surface area contributed by atoms with E-state index in [9.17, 15) is 19.1 Å². The Morgan fingerprint density at radius 3 is 2.56 bits per heavy atom. The SMILES string of the molecule is O=C(/C=C/c1cccc(F)c1)Nc1csc(-c2ccc(Br)cc2)c1C(=O)O. The van der Waals surface area contributed by atoms with Crippen molar-refractivity contribution in [3.8, 4) is 10.4 Å². The van der Waals surface area contributed by atoms with E-state index in [-0.39, 0.29) is 11.3 Å². The number of rotatable bonds is 5. The number of carboxylic acids is 1. The number of aromatic carboxylic acids is 1. The fraction of sp³-hybridized carbons (Fsp3) is 0. The highest BCUT2D eigenvalue weighted by atomic mass is 79.9. The van der Waals surface area contributed by atoms with Crippen LogP contribution in [-0.4, -0.2) is 17.0 Å². The predicted octanol–water partition coefficient (Wildman–Crippen LogP) is 5.67. The Kier molecular flexibility index (Phi) is 5.83. The average molecular weight is 446 g/mol. The van der Waals surface area contributed by atoms with Gasteiger partial charge in [0.05, 0.1) is 10.6 Å². The van der Waals surface area contributed by atoms with Crippen LogP contribution < -0.4 is 5.32 Å². The lowest BCUT2D eigenvalue weighted by Crippen LogP contribution is -2.11. The third-order valence-electron chi connectivity index (χ3n) is 3.65. The first-order valence-corrected chi connectivity index (χ1v) is 9.46. The van der Waals surface area contributed by atoms with Gasteiger partial charge in [-0.1, -0.05) is 40.2 Å². The molecule has 0 aliphatic rings. The van der Waals surface area contributed by atoms with Crippen LogP contribution >= 0.6 is 27.3 Å². The van der Waals surface area contributed by atoms with Gasteiger partial charge in [-0.15, -0.1) is 11.3 Å². The summed E-state index contributed by atoms with van der Waals surface area (Å²) in [6, 6.07) is 13.1. The number of benzene rings is 2. The van der Waals surface area contributed by atoms with Gasteiger partial charge in [0, 0.05) is 15.9 Å². The number of halogens is 2. The second-order valence-corrected chi connectivity index (χ2v) is 7.34. The van der Waals surface area contributed by atoms with Gasteiger partial charge in [-0.05, 0) is 41.5 Å². The van der Waals surface area contributed by atoms with Crippen molar-refractivity contribution in [3.05, 3.63) is 81.4 Å². The van der Waals surface area contributed by atoms with E-state index in [0.29, 0.717) is 10.4 Å². The molecule has 7 heteroatoms. The van der Waals surface area contributed by atoms with E-state index in [0.717, 1.165) is 10.0 Å². The van der Waals surface area contributed by atoms with E-state index >= 15 is 0 Å². The summed E-state index contributed by atoms with van der Waals surface area (Å²) in [5.74, 6) is -2.02. The minimum atomic E-state index is -1.13. The molecule has 0 aliphatic carbocycles. The fourth-order valence-electron chi connectivity index (χ4n) is 2.43. The molecule has 0 spiro atoms. The van der Waals surface area contributed by atoms with Gasteiger partial charge in [-0.2, -0.15) is 0 Å². The number of amides is 1. The lowest BCUT2D eigenvalue weighted by Gasteiger charge is -2.04. The lowest BCUT2D eigenvalue weighted by atomic mass is 10.1. The second-order valence-electron chi connectivity index (χ2n) is 5.54. The van der Waals surface area contributed by atoms with Crippen LogP contribution in [0.3, 0.4) is 0 Å². The number of nitrogens with one attached hydrogen (secondary N) is 1. The Morgan fingerprint density at radius 2 is 1.89 bits per heavy atom. The molecular formula is C20H13BrFNO3S. The van der Waals surface area contributed by atoms with Crippen molar-refractivity contribution in [1.82, 2.24) is 0 Å². The summed E-state index contributed by atoms with van der Waals surface area (Å²) in [6.07, 6.45) is 2.69. The number of carboxylic acid groups (broad SMARTS) is 1. The largest absolute Gasteiger partial charge is 0.478 e. The van der Waals surface area contributed by atoms with Gasteiger partial charge in [0.2, 0.25) is 5.91 Å². The van der Waals surface area contributed by atoms with Crippen molar-refractivity contribution < 1.29 is 19.1 Å². The van der Waals surface area contributed by atoms with E-state index in [1.165, 1.54) is 35.6 Å². The number of anilines is 1. The summed E-state index contributed by atoms with van der Waals surface area (Å²) in [5, 5.41) is 13.8. The quantitative estimate of drug-likeness (QED) is 0.497. The number of hydrogen-bond acceptors (Lipinski definition) is 3. The molecule has 1 heterocycles. The first-order chi connectivity index (χ1) is 12.9. The number of carbonyl (C=O) groups is 2. The summed E-state index contributed by atoms with van der Waals surface area (Å²) < 4.78 is 14.1. The molecule has 2 N–H and O–H groups in total. The summed E-state index contributed by atoms with van der Waals surface area (Å²) >= 11 is 4.58. The molecule has 1 aromatic heterocycles. The number of carbonyl (C=O) groups excluding carboxylic acids is 1. The Labute approximate surface area is 167 Å². The molecule has 0 fully saturated rings. The zero-order chi connectivity index (χ0) is 19.4. The Hall–Kier alpha value is -2.77. The van der Waals surface area contributed by atoms with Crippen molar-refractivity contribution in [2.75, 3.05) is 5.32 Å². The van der Waals surface area contributed by atoms with E-state index < -0.39 is 17.7 Å². The fourth-order valence-corrected chi connectivity index (χ4v) is 3.70. The molecule has 0 atom stereocenters. The summed E-state index contributed by atoms with van der Waals surface area (Å²) in [7, 11) is 0. The van der Waals surface area contributed by atoms with Crippen molar-refractivity contribution in [1.29, 1.82) is 0 Å². The second kappa shape index (κ2) is 8.28. The summed E-state index contributed by atoms with van der Waals surface area (Å²) in [4.78, 5) is 24.4. The zero-order valence-electron chi connectivity index (χ0n) is 13.8. The average Bonchev–Trinajstić information content (AvgIpc) is 3.04. The van der Waals surface area contributed by atoms with Gasteiger partial charge in [-0.3, -0.25) is 4.79 Å². The minimum Gasteiger partial charge on any atom is -0.478 e. The highest BCUT2D eigenvalue weighted by Gasteiger charge is 2.20. The van der Waals surface area contributed by atoms with Gasteiger partial charge in [0.15, 0.2) is 0 Å². The van der Waals surface area contributed by atoms with Crippen LogP contribution in [-0.2, 0) is 4.79 Å². The smallest absolute Gasteiger partial charge is 0.339 e. The molecule has 0 aliphatic heterocycles. The Balaban J connectivity index is 1.83. The highest BCUT2D eigenvalue weighted by molar-refractivity contribution is 9.10. The maximum atomic E-state index is 13.2. The molecule has 0 saturated heterocycles. The van der Waals surface area contributed by atoms with Crippen LogP contribution in [0, 0.1) is 5.82 Å². The van der Waals surface area contributed by atoms with E-state index in [2.05, 4.69) is 21.2 Å². The number of hydrogen-bond donors (Lipinski definition) is 2. The summed E-state index contributed by atoms with van der Waals surface area (Å²) in [6.45, 7) is 0. The van der Waals surface area contributed by atoms with Crippen LogP contribution in [0.1, 0.15) is 15.9 Å². The molecular weight excluding hydrogens is 433 g/mol. The van der Waals surface area contributed by atoms with Gasteiger partial charge in [0.25, 0.3) is 0 Å². The van der Waals surface area contributed by atoms with Gasteiger partial charge < -0.3 is 10.4 Å². The molecule has 2 aromatic carbocycles. The van der Waals surface area contributed by atoms with Crippen LogP contribution in [0.2, 0.25) is 0 Å². The normalized spacial score (nSPS) is 10.9. The Bertz CT molecular complexity index is 1030. The third kappa shape index (κ3) is 4.69. The third-order valence-corrected chi connectivity index (χ3v) is 5.20. The standard InChI is InChI=1S/C20H13BrFNO3S/c21-14-7-5-13(6-8-14)19-18(20(25)26)16(11-27-19)23-17(24)9-4-12-2-1-3-15(22)10-12/h1-11H,(H,23,24)(H,25,26)/b9-4+. The van der Waals surface area contributed by atoms with Crippen molar-refractivity contribution in [3.63, 3.8) is 0 Å². The number of thiophene rings is 1.